The third-order valence-corrected chi connectivity index (χ3v) is 2.36. The lowest BCUT2D eigenvalue weighted by molar-refractivity contribution is 0.0424. The monoisotopic (exact) mass is 238 g/mol. The molecule has 1 aromatic carbocycles. The molecule has 0 unspecified atom stereocenters. The zero-order valence-electron chi connectivity index (χ0n) is 8.70. The smallest absolute Gasteiger partial charge is 0.299 e. The van der Waals surface area contributed by atoms with Crippen molar-refractivity contribution < 1.29 is 13.2 Å². The highest BCUT2D eigenvalue weighted by atomic mass is 19.3. The fourth-order valence-corrected chi connectivity index (χ4v) is 1.42. The average molecular weight is 238 g/mol. The molecule has 0 bridgehead atoms. The number of alkyl halides is 2. The minimum atomic E-state index is -3.21. The SMILES string of the molecule is Nc1ccc(C(F)(F)c2ccc(F)cc2)cn1. The minimum Gasteiger partial charge on any atom is -0.384 e. The van der Waals surface area contributed by atoms with Crippen LogP contribution >= 0.6 is 0 Å². The van der Waals surface area contributed by atoms with Crippen LogP contribution in [0.5, 0.6) is 0 Å². The number of pyridine rings is 1. The molecule has 0 aliphatic rings. The van der Waals surface area contributed by atoms with E-state index >= 15 is 0 Å². The zero-order chi connectivity index (χ0) is 12.5. The van der Waals surface area contributed by atoms with Crippen molar-refractivity contribution in [1.29, 1.82) is 0 Å². The summed E-state index contributed by atoms with van der Waals surface area (Å²) in [7, 11) is 0. The number of benzene rings is 1. The number of aromatic nitrogens is 1. The van der Waals surface area contributed by atoms with Crippen molar-refractivity contribution in [2.45, 2.75) is 5.92 Å². The van der Waals surface area contributed by atoms with Crippen molar-refractivity contribution in [3.63, 3.8) is 0 Å². The predicted molar refractivity (Wildman–Crippen MR) is 58.0 cm³/mol. The summed E-state index contributed by atoms with van der Waals surface area (Å²) in [5.41, 5.74) is 4.76. The maximum atomic E-state index is 13.9. The summed E-state index contributed by atoms with van der Waals surface area (Å²) in [5.74, 6) is -3.60. The number of hydrogen-bond donors (Lipinski definition) is 1. The van der Waals surface area contributed by atoms with E-state index in [1.807, 2.05) is 0 Å². The topological polar surface area (TPSA) is 38.9 Å². The van der Waals surface area contributed by atoms with Gasteiger partial charge in [0, 0.05) is 17.3 Å². The quantitative estimate of drug-likeness (QED) is 0.873. The van der Waals surface area contributed by atoms with Gasteiger partial charge in [0.05, 0.1) is 0 Å². The Hall–Kier alpha value is -2.04. The van der Waals surface area contributed by atoms with E-state index in [9.17, 15) is 13.2 Å². The van der Waals surface area contributed by atoms with E-state index in [0.717, 1.165) is 30.5 Å². The van der Waals surface area contributed by atoms with E-state index in [-0.39, 0.29) is 16.9 Å². The van der Waals surface area contributed by atoms with E-state index in [2.05, 4.69) is 4.98 Å². The Morgan fingerprint density at radius 1 is 0.941 bits per heavy atom. The number of hydrogen-bond acceptors (Lipinski definition) is 2. The summed E-state index contributed by atoms with van der Waals surface area (Å²) >= 11 is 0. The molecule has 0 amide bonds. The Morgan fingerprint density at radius 3 is 2.06 bits per heavy atom. The lowest BCUT2D eigenvalue weighted by Gasteiger charge is -2.16. The minimum absolute atomic E-state index is 0.170. The molecule has 2 rings (SSSR count). The van der Waals surface area contributed by atoms with Gasteiger partial charge in [-0.25, -0.2) is 9.37 Å². The third kappa shape index (κ3) is 2.22. The number of halogens is 3. The number of nitrogens with two attached hydrogens (primary N) is 1. The van der Waals surface area contributed by atoms with Crippen molar-refractivity contribution in [2.75, 3.05) is 5.73 Å². The number of nitrogen functional groups attached to an aromatic ring is 1. The molecule has 0 spiro atoms. The Morgan fingerprint density at radius 2 is 1.53 bits per heavy atom. The Kier molecular flexibility index (Phi) is 2.75. The van der Waals surface area contributed by atoms with Crippen molar-refractivity contribution in [3.8, 4) is 0 Å². The first-order valence-corrected chi connectivity index (χ1v) is 4.86. The molecule has 88 valence electrons. The van der Waals surface area contributed by atoms with Gasteiger partial charge in [-0.2, -0.15) is 8.78 Å². The molecule has 2 aromatic rings. The summed E-state index contributed by atoms with van der Waals surface area (Å²) in [6.45, 7) is 0. The Balaban J connectivity index is 2.41. The first kappa shape index (κ1) is 11.4. The van der Waals surface area contributed by atoms with Gasteiger partial charge in [0.1, 0.15) is 11.6 Å². The van der Waals surface area contributed by atoms with Crippen LogP contribution in [0.25, 0.3) is 0 Å². The second-order valence-corrected chi connectivity index (χ2v) is 3.55. The highest BCUT2D eigenvalue weighted by Gasteiger charge is 2.34. The van der Waals surface area contributed by atoms with Crippen LogP contribution in [0.4, 0.5) is 19.0 Å². The summed E-state index contributed by atoms with van der Waals surface area (Å²) in [6, 6.07) is 6.58. The molecule has 5 heteroatoms. The zero-order valence-corrected chi connectivity index (χ0v) is 8.70. The molecule has 0 radical (unpaired) electrons. The van der Waals surface area contributed by atoms with Crippen molar-refractivity contribution >= 4 is 5.82 Å². The molecule has 0 aliphatic heterocycles. The van der Waals surface area contributed by atoms with Gasteiger partial charge in [-0.1, -0.05) is 0 Å². The molecule has 0 aliphatic carbocycles. The number of nitrogens with zero attached hydrogens (tertiary/aromatic N) is 1. The Bertz CT molecular complexity index is 459. The lowest BCUT2D eigenvalue weighted by atomic mass is 10.0. The maximum absolute atomic E-state index is 13.9. The van der Waals surface area contributed by atoms with Crippen molar-refractivity contribution in [2.24, 2.45) is 0 Å². The molecule has 0 fully saturated rings. The van der Waals surface area contributed by atoms with E-state index in [0.29, 0.717) is 0 Å². The van der Waals surface area contributed by atoms with Gasteiger partial charge in [0.15, 0.2) is 0 Å². The van der Waals surface area contributed by atoms with E-state index in [1.165, 1.54) is 12.1 Å². The van der Waals surface area contributed by atoms with Crippen LogP contribution in [-0.2, 0) is 5.92 Å². The van der Waals surface area contributed by atoms with Crippen LogP contribution in [0, 0.1) is 5.82 Å². The summed E-state index contributed by atoms with van der Waals surface area (Å²) in [6.07, 6.45) is 1.01. The molecule has 2 nitrogen and oxygen atoms in total. The largest absolute Gasteiger partial charge is 0.384 e. The molecule has 1 aromatic heterocycles. The second-order valence-electron chi connectivity index (χ2n) is 3.55. The van der Waals surface area contributed by atoms with E-state index < -0.39 is 11.7 Å². The van der Waals surface area contributed by atoms with E-state index in [4.69, 9.17) is 5.73 Å². The van der Waals surface area contributed by atoms with Gasteiger partial charge in [-0.3, -0.25) is 0 Å². The first-order valence-electron chi connectivity index (χ1n) is 4.86. The summed E-state index contributed by atoms with van der Waals surface area (Å²) in [5, 5.41) is 0. The molecular formula is C12H9F3N2. The molecule has 0 saturated carbocycles. The number of rotatable bonds is 2. The molecule has 0 saturated heterocycles. The Labute approximate surface area is 95.9 Å². The first-order chi connectivity index (χ1) is 8.00. The van der Waals surface area contributed by atoms with Gasteiger partial charge in [-0.15, -0.1) is 0 Å². The van der Waals surface area contributed by atoms with Gasteiger partial charge < -0.3 is 5.73 Å². The highest BCUT2D eigenvalue weighted by molar-refractivity contribution is 5.36. The van der Waals surface area contributed by atoms with Crippen LogP contribution in [0.15, 0.2) is 42.6 Å². The van der Waals surface area contributed by atoms with Crippen molar-refractivity contribution in [3.05, 3.63) is 59.5 Å². The molecule has 2 N–H and O–H groups in total. The normalized spacial score (nSPS) is 11.5. The van der Waals surface area contributed by atoms with Gasteiger partial charge in [0.2, 0.25) is 0 Å². The average Bonchev–Trinajstić information content (AvgIpc) is 2.30. The fraction of sp³-hybridized carbons (Fsp3) is 0.0833. The second kappa shape index (κ2) is 4.08. The molecule has 0 atom stereocenters. The van der Waals surface area contributed by atoms with Crippen LogP contribution in [0.3, 0.4) is 0 Å². The van der Waals surface area contributed by atoms with E-state index in [1.54, 1.807) is 0 Å². The lowest BCUT2D eigenvalue weighted by Crippen LogP contribution is -2.15. The molecular weight excluding hydrogens is 229 g/mol. The summed E-state index contributed by atoms with van der Waals surface area (Å²) in [4.78, 5) is 3.61. The number of anilines is 1. The predicted octanol–water partition coefficient (Wildman–Crippen LogP) is 2.94. The van der Waals surface area contributed by atoms with Gasteiger partial charge in [-0.05, 0) is 36.4 Å². The fourth-order valence-electron chi connectivity index (χ4n) is 1.42. The molecule has 17 heavy (non-hydrogen) atoms. The highest BCUT2D eigenvalue weighted by Crippen LogP contribution is 2.35. The standard InChI is InChI=1S/C12H9F3N2/c13-10-4-1-8(2-5-10)12(14,15)9-3-6-11(16)17-7-9/h1-7H,(H2,16,17). The summed E-state index contributed by atoms with van der Waals surface area (Å²) < 4.78 is 40.6. The van der Waals surface area contributed by atoms with Crippen LogP contribution in [-0.4, -0.2) is 4.98 Å². The van der Waals surface area contributed by atoms with Crippen LogP contribution in [0.2, 0.25) is 0 Å². The van der Waals surface area contributed by atoms with Crippen LogP contribution in [0.1, 0.15) is 11.1 Å². The van der Waals surface area contributed by atoms with Gasteiger partial charge >= 0.3 is 0 Å². The maximum Gasteiger partial charge on any atom is 0.299 e. The third-order valence-electron chi connectivity index (χ3n) is 2.36. The van der Waals surface area contributed by atoms with Crippen molar-refractivity contribution in [1.82, 2.24) is 4.98 Å². The van der Waals surface area contributed by atoms with Gasteiger partial charge in [0.25, 0.3) is 5.92 Å². The molecule has 1 heterocycles. The van der Waals surface area contributed by atoms with Crippen LogP contribution < -0.4 is 5.73 Å².